The van der Waals surface area contributed by atoms with Crippen LogP contribution in [0.2, 0.25) is 0 Å². The molecule has 1 heterocycles. The van der Waals surface area contributed by atoms with E-state index >= 15 is 0 Å². The summed E-state index contributed by atoms with van der Waals surface area (Å²) in [5, 5.41) is 10.4. The number of hydrogen-bond acceptors (Lipinski definition) is 4. The van der Waals surface area contributed by atoms with E-state index in [1.807, 2.05) is 31.2 Å². The fourth-order valence-corrected chi connectivity index (χ4v) is 3.80. The molecular weight excluding hydrogens is 363 g/mol. The first-order valence-electron chi connectivity index (χ1n) is 8.28. The Morgan fingerprint density at radius 1 is 1.11 bits per heavy atom. The van der Waals surface area contributed by atoms with E-state index in [1.165, 1.54) is 17.4 Å². The molecule has 0 bridgehead atoms. The van der Waals surface area contributed by atoms with Gasteiger partial charge in [-0.05, 0) is 61.0 Å². The van der Waals surface area contributed by atoms with Crippen LogP contribution >= 0.6 is 11.3 Å². The van der Waals surface area contributed by atoms with Gasteiger partial charge in [-0.3, -0.25) is 0 Å². The summed E-state index contributed by atoms with van der Waals surface area (Å²) in [6.45, 7) is 5.16. The summed E-state index contributed by atoms with van der Waals surface area (Å²) in [5.74, 6) is 1.67. The van der Waals surface area contributed by atoms with Crippen molar-refractivity contribution in [3.05, 3.63) is 78.0 Å². The highest BCUT2D eigenvalue weighted by Gasteiger charge is 2.17. The molecule has 0 unspecified atom stereocenters. The molecule has 5 heteroatoms. The average molecular weight is 382 g/mol. The van der Waals surface area contributed by atoms with Crippen LogP contribution in [0.5, 0.6) is 23.0 Å². The summed E-state index contributed by atoms with van der Waals surface area (Å²) in [6, 6.07) is 12.3. The van der Waals surface area contributed by atoms with Crippen molar-refractivity contribution in [2.75, 3.05) is 7.11 Å². The van der Waals surface area contributed by atoms with E-state index in [-0.39, 0.29) is 5.75 Å². The van der Waals surface area contributed by atoms with Gasteiger partial charge in [-0.15, -0.1) is 11.3 Å². The summed E-state index contributed by atoms with van der Waals surface area (Å²) >= 11 is 1.53. The molecule has 0 radical (unpaired) electrons. The first-order chi connectivity index (χ1) is 13.0. The number of thiophene rings is 1. The van der Waals surface area contributed by atoms with Gasteiger partial charge in [-0.2, -0.15) is 0 Å². The lowest BCUT2D eigenvalue weighted by Gasteiger charge is -2.09. The lowest BCUT2D eigenvalue weighted by molar-refractivity contribution is 0.415. The van der Waals surface area contributed by atoms with Gasteiger partial charge in [0.1, 0.15) is 23.1 Å². The number of phenolic OH excluding ortho intramolecular Hbond substituents is 1. The van der Waals surface area contributed by atoms with E-state index in [9.17, 15) is 9.50 Å². The Hall–Kier alpha value is -3.05. The lowest BCUT2D eigenvalue weighted by atomic mass is 10.1. The number of allylic oxidation sites excluding steroid dienone is 5. The first kappa shape index (κ1) is 18.7. The zero-order chi connectivity index (χ0) is 19.4. The van der Waals surface area contributed by atoms with Crippen molar-refractivity contribution >= 4 is 27.0 Å². The van der Waals surface area contributed by atoms with Gasteiger partial charge in [0.25, 0.3) is 0 Å². The van der Waals surface area contributed by atoms with Crippen molar-refractivity contribution in [2.24, 2.45) is 0 Å². The number of benzene rings is 2. The van der Waals surface area contributed by atoms with Crippen LogP contribution in [0.15, 0.2) is 73.1 Å². The van der Waals surface area contributed by atoms with Crippen molar-refractivity contribution in [3.63, 3.8) is 0 Å². The van der Waals surface area contributed by atoms with Gasteiger partial charge in [-0.1, -0.05) is 18.7 Å². The molecule has 1 aromatic heterocycles. The number of fused-ring (bicyclic) bond motifs is 1. The molecule has 0 atom stereocenters. The highest BCUT2D eigenvalue weighted by Crippen LogP contribution is 2.45. The summed E-state index contributed by atoms with van der Waals surface area (Å²) in [7, 11) is 1.62. The SMILES string of the molecule is C=C(F)/C=C\C(=C/C)c1sc2cc(OC)ccc2c1Oc1ccc(O)cc1. The van der Waals surface area contributed by atoms with Crippen LogP contribution in [0, 0.1) is 0 Å². The molecule has 3 nitrogen and oxygen atoms in total. The second-order valence-corrected chi connectivity index (χ2v) is 6.79. The molecule has 3 rings (SSSR count). The average Bonchev–Trinajstić information content (AvgIpc) is 3.01. The molecule has 0 aliphatic rings. The normalized spacial score (nSPS) is 11.9. The number of halogens is 1. The first-order valence-corrected chi connectivity index (χ1v) is 9.10. The maximum absolute atomic E-state index is 13.1. The number of hydrogen-bond donors (Lipinski definition) is 1. The molecule has 138 valence electrons. The maximum Gasteiger partial charge on any atom is 0.153 e. The zero-order valence-corrected chi connectivity index (χ0v) is 15.8. The topological polar surface area (TPSA) is 38.7 Å². The van der Waals surface area contributed by atoms with E-state index in [0.717, 1.165) is 26.3 Å². The molecule has 0 saturated heterocycles. The standard InChI is InChI=1S/C22H19FO3S/c1-4-15(6-5-14(2)23)22-21(26-17-9-7-16(24)8-10-17)19-12-11-18(25-3)13-20(19)27-22/h4-13,24H,2H2,1,3H3/b6-5-,15-4+. The van der Waals surface area contributed by atoms with Crippen LogP contribution in [0.3, 0.4) is 0 Å². The van der Waals surface area contributed by atoms with Gasteiger partial charge in [-0.25, -0.2) is 4.39 Å². The van der Waals surface area contributed by atoms with Gasteiger partial charge in [0.05, 0.1) is 12.0 Å². The number of phenols is 1. The van der Waals surface area contributed by atoms with Crippen LogP contribution in [0.25, 0.3) is 15.7 Å². The number of rotatable bonds is 6. The lowest BCUT2D eigenvalue weighted by Crippen LogP contribution is -1.87. The molecule has 0 fully saturated rings. The molecule has 0 saturated carbocycles. The summed E-state index contributed by atoms with van der Waals surface area (Å²) < 4.78 is 25.6. The Morgan fingerprint density at radius 3 is 2.44 bits per heavy atom. The molecule has 0 aliphatic heterocycles. The van der Waals surface area contributed by atoms with E-state index < -0.39 is 5.83 Å². The summed E-state index contributed by atoms with van der Waals surface area (Å²) in [5.41, 5.74) is 0.822. The van der Waals surface area contributed by atoms with Crippen molar-refractivity contribution in [1.29, 1.82) is 0 Å². The van der Waals surface area contributed by atoms with Crippen LogP contribution in [0.1, 0.15) is 11.8 Å². The summed E-state index contributed by atoms with van der Waals surface area (Å²) in [4.78, 5) is 0.867. The third-order valence-electron chi connectivity index (χ3n) is 3.93. The van der Waals surface area contributed by atoms with Crippen molar-refractivity contribution < 1.29 is 19.0 Å². The minimum atomic E-state index is -0.516. The highest BCUT2D eigenvalue weighted by atomic mass is 32.1. The van der Waals surface area contributed by atoms with Crippen LogP contribution in [-0.2, 0) is 0 Å². The molecule has 1 N–H and O–H groups in total. The van der Waals surface area contributed by atoms with Crippen LogP contribution < -0.4 is 9.47 Å². The minimum Gasteiger partial charge on any atom is -0.508 e. The van der Waals surface area contributed by atoms with Gasteiger partial charge in [0, 0.05) is 10.1 Å². The molecule has 0 spiro atoms. The third-order valence-corrected chi connectivity index (χ3v) is 5.11. The van der Waals surface area contributed by atoms with Gasteiger partial charge in [0.15, 0.2) is 5.75 Å². The fourth-order valence-electron chi connectivity index (χ4n) is 2.59. The number of ether oxygens (including phenoxy) is 2. The van der Waals surface area contributed by atoms with Gasteiger partial charge >= 0.3 is 0 Å². The largest absolute Gasteiger partial charge is 0.508 e. The molecule has 2 aromatic carbocycles. The minimum absolute atomic E-state index is 0.168. The van der Waals surface area contributed by atoms with Gasteiger partial charge in [0.2, 0.25) is 0 Å². The van der Waals surface area contributed by atoms with E-state index in [2.05, 4.69) is 6.58 Å². The monoisotopic (exact) mass is 382 g/mol. The Morgan fingerprint density at radius 2 is 1.81 bits per heavy atom. The van der Waals surface area contributed by atoms with Crippen LogP contribution in [0.4, 0.5) is 4.39 Å². The predicted octanol–water partition coefficient (Wildman–Crippen LogP) is 6.85. The second-order valence-electron chi connectivity index (χ2n) is 5.74. The van der Waals surface area contributed by atoms with Crippen LogP contribution in [-0.4, -0.2) is 12.2 Å². The quantitative estimate of drug-likeness (QED) is 0.474. The Balaban J connectivity index is 2.15. The van der Waals surface area contributed by atoms with E-state index in [0.29, 0.717) is 11.5 Å². The second kappa shape index (κ2) is 8.10. The van der Waals surface area contributed by atoms with E-state index in [1.54, 1.807) is 37.5 Å². The fraction of sp³-hybridized carbons (Fsp3) is 0.0909. The van der Waals surface area contributed by atoms with E-state index in [4.69, 9.17) is 9.47 Å². The predicted molar refractivity (Wildman–Crippen MR) is 110 cm³/mol. The molecular formula is C22H19FO3S. The third kappa shape index (κ3) is 4.20. The Bertz CT molecular complexity index is 1030. The smallest absolute Gasteiger partial charge is 0.153 e. The molecule has 0 aliphatic carbocycles. The molecule has 0 amide bonds. The number of aromatic hydroxyl groups is 1. The highest BCUT2D eigenvalue weighted by molar-refractivity contribution is 7.20. The molecule has 3 aromatic rings. The Kier molecular flexibility index (Phi) is 5.62. The van der Waals surface area contributed by atoms with Crippen molar-refractivity contribution in [2.45, 2.75) is 6.92 Å². The molecule has 27 heavy (non-hydrogen) atoms. The summed E-state index contributed by atoms with van der Waals surface area (Å²) in [6.07, 6.45) is 4.89. The maximum atomic E-state index is 13.1. The zero-order valence-electron chi connectivity index (χ0n) is 15.0. The van der Waals surface area contributed by atoms with Crippen molar-refractivity contribution in [1.82, 2.24) is 0 Å². The van der Waals surface area contributed by atoms with Crippen molar-refractivity contribution in [3.8, 4) is 23.0 Å². The Labute approximate surface area is 161 Å². The van der Waals surface area contributed by atoms with Gasteiger partial charge < -0.3 is 14.6 Å². The number of methoxy groups -OCH3 is 1.